The van der Waals surface area contributed by atoms with Gasteiger partial charge in [0.25, 0.3) is 0 Å². The minimum atomic E-state index is -0.216. The molecule has 0 aliphatic heterocycles. The number of terminal acetylenes is 1. The van der Waals surface area contributed by atoms with Crippen LogP contribution in [0.3, 0.4) is 0 Å². The van der Waals surface area contributed by atoms with E-state index in [1.54, 1.807) is 0 Å². The van der Waals surface area contributed by atoms with Gasteiger partial charge in [0.15, 0.2) is 0 Å². The summed E-state index contributed by atoms with van der Waals surface area (Å²) in [5.74, 6) is 2.14. The lowest BCUT2D eigenvalue weighted by Gasteiger charge is -2.22. The molecule has 15 heavy (non-hydrogen) atoms. The van der Waals surface area contributed by atoms with Gasteiger partial charge < -0.3 is 15.8 Å². The van der Waals surface area contributed by atoms with Gasteiger partial charge >= 0.3 is 0 Å². The van der Waals surface area contributed by atoms with Crippen LogP contribution in [0.2, 0.25) is 0 Å². The Morgan fingerprint density at radius 3 is 2.80 bits per heavy atom. The van der Waals surface area contributed by atoms with Crippen molar-refractivity contribution in [3.8, 4) is 12.3 Å². The minimum absolute atomic E-state index is 0.0423. The highest BCUT2D eigenvalue weighted by atomic mass is 16.5. The average molecular weight is 210 g/mol. The molecule has 1 fully saturated rings. The standard InChI is InChI=1S/C11H18N2O2/c1-2-7-13-10(14)8-15-9-11(12)5-3-4-6-11/h1H,3-9,12H2,(H,13,14). The fraction of sp³-hybridized carbons (Fsp3) is 0.727. The summed E-state index contributed by atoms with van der Waals surface area (Å²) >= 11 is 0. The highest BCUT2D eigenvalue weighted by Crippen LogP contribution is 2.27. The van der Waals surface area contributed by atoms with Crippen LogP contribution in [-0.2, 0) is 9.53 Å². The van der Waals surface area contributed by atoms with E-state index in [2.05, 4.69) is 11.2 Å². The van der Waals surface area contributed by atoms with E-state index in [1.165, 1.54) is 0 Å². The summed E-state index contributed by atoms with van der Waals surface area (Å²) in [6, 6.07) is 0. The normalized spacial score (nSPS) is 18.4. The molecular formula is C11H18N2O2. The first-order chi connectivity index (χ1) is 7.16. The number of rotatable bonds is 5. The molecule has 0 radical (unpaired) electrons. The number of hydrogen-bond donors (Lipinski definition) is 2. The van der Waals surface area contributed by atoms with Gasteiger partial charge in [-0.1, -0.05) is 18.8 Å². The van der Waals surface area contributed by atoms with E-state index in [9.17, 15) is 4.79 Å². The zero-order valence-corrected chi connectivity index (χ0v) is 8.92. The van der Waals surface area contributed by atoms with Crippen molar-refractivity contribution in [2.45, 2.75) is 31.2 Å². The smallest absolute Gasteiger partial charge is 0.246 e. The Labute approximate surface area is 90.5 Å². The maximum Gasteiger partial charge on any atom is 0.246 e. The van der Waals surface area contributed by atoms with Crippen LogP contribution in [-0.4, -0.2) is 31.2 Å². The molecule has 0 bridgehead atoms. The molecule has 0 aromatic carbocycles. The molecule has 1 saturated carbocycles. The predicted octanol–water partition coefficient (Wildman–Crippen LogP) is 0.0239. The summed E-state index contributed by atoms with van der Waals surface area (Å²) in [6.07, 6.45) is 9.28. The Kier molecular flexibility index (Phi) is 4.60. The number of amides is 1. The van der Waals surface area contributed by atoms with Crippen LogP contribution in [0.1, 0.15) is 25.7 Å². The molecule has 4 nitrogen and oxygen atoms in total. The van der Waals surface area contributed by atoms with Gasteiger partial charge in [-0.05, 0) is 12.8 Å². The number of hydrogen-bond acceptors (Lipinski definition) is 3. The van der Waals surface area contributed by atoms with Crippen molar-refractivity contribution in [3.63, 3.8) is 0 Å². The van der Waals surface area contributed by atoms with Crippen molar-refractivity contribution in [2.24, 2.45) is 5.73 Å². The topological polar surface area (TPSA) is 64.3 Å². The number of carbonyl (C=O) groups is 1. The van der Waals surface area contributed by atoms with E-state index < -0.39 is 0 Å². The highest BCUT2D eigenvalue weighted by molar-refractivity contribution is 5.77. The summed E-state index contributed by atoms with van der Waals surface area (Å²) < 4.78 is 5.27. The van der Waals surface area contributed by atoms with Gasteiger partial charge in [-0.25, -0.2) is 0 Å². The molecule has 0 heterocycles. The Hall–Kier alpha value is -1.05. The maximum absolute atomic E-state index is 11.1. The SMILES string of the molecule is C#CCNC(=O)COCC1(N)CCCC1. The fourth-order valence-corrected chi connectivity index (χ4v) is 1.77. The summed E-state index contributed by atoms with van der Waals surface area (Å²) in [5.41, 5.74) is 5.84. The molecule has 0 unspecified atom stereocenters. The molecule has 1 aliphatic carbocycles. The quantitative estimate of drug-likeness (QED) is 0.629. The largest absolute Gasteiger partial charge is 0.370 e. The minimum Gasteiger partial charge on any atom is -0.370 e. The van der Waals surface area contributed by atoms with E-state index >= 15 is 0 Å². The molecule has 4 heteroatoms. The van der Waals surface area contributed by atoms with Gasteiger partial charge in [-0.15, -0.1) is 6.42 Å². The molecular weight excluding hydrogens is 192 g/mol. The third kappa shape index (κ3) is 4.32. The van der Waals surface area contributed by atoms with E-state index in [0.717, 1.165) is 25.7 Å². The van der Waals surface area contributed by atoms with E-state index in [4.69, 9.17) is 16.9 Å². The van der Waals surface area contributed by atoms with Crippen LogP contribution in [0, 0.1) is 12.3 Å². The van der Waals surface area contributed by atoms with Crippen molar-refractivity contribution in [1.29, 1.82) is 0 Å². The molecule has 0 aromatic rings. The summed E-state index contributed by atoms with van der Waals surface area (Å²) in [7, 11) is 0. The maximum atomic E-state index is 11.1. The lowest BCUT2D eigenvalue weighted by molar-refractivity contribution is -0.126. The van der Waals surface area contributed by atoms with Gasteiger partial charge in [-0.2, -0.15) is 0 Å². The van der Waals surface area contributed by atoms with Crippen LogP contribution >= 0.6 is 0 Å². The Bertz CT molecular complexity index is 252. The zero-order chi connectivity index (χ0) is 11.1. The monoisotopic (exact) mass is 210 g/mol. The molecule has 0 saturated heterocycles. The first-order valence-electron chi connectivity index (χ1n) is 5.23. The van der Waals surface area contributed by atoms with Crippen LogP contribution < -0.4 is 11.1 Å². The molecule has 0 aromatic heterocycles. The average Bonchev–Trinajstić information content (AvgIpc) is 2.62. The van der Waals surface area contributed by atoms with E-state index in [-0.39, 0.29) is 24.6 Å². The summed E-state index contributed by atoms with van der Waals surface area (Å²) in [6.45, 7) is 0.743. The Balaban J connectivity index is 2.10. The van der Waals surface area contributed by atoms with Crippen molar-refractivity contribution in [3.05, 3.63) is 0 Å². The second kappa shape index (κ2) is 5.74. The van der Waals surface area contributed by atoms with Crippen LogP contribution in [0.5, 0.6) is 0 Å². The third-order valence-corrected chi connectivity index (χ3v) is 2.61. The lowest BCUT2D eigenvalue weighted by Crippen LogP contribution is -2.42. The first-order valence-corrected chi connectivity index (χ1v) is 5.23. The van der Waals surface area contributed by atoms with Gasteiger partial charge in [-0.3, -0.25) is 4.79 Å². The van der Waals surface area contributed by atoms with Gasteiger partial charge in [0.05, 0.1) is 13.2 Å². The second-order valence-electron chi connectivity index (χ2n) is 4.04. The van der Waals surface area contributed by atoms with Crippen molar-refractivity contribution < 1.29 is 9.53 Å². The molecule has 1 amide bonds. The molecule has 1 rings (SSSR count). The molecule has 0 spiro atoms. The predicted molar refractivity (Wildman–Crippen MR) is 58.0 cm³/mol. The lowest BCUT2D eigenvalue weighted by atomic mass is 10.0. The van der Waals surface area contributed by atoms with Gasteiger partial charge in [0.1, 0.15) is 6.61 Å². The molecule has 0 atom stereocenters. The number of ether oxygens (including phenoxy) is 1. The summed E-state index contributed by atoms with van der Waals surface area (Å²) in [5, 5.41) is 2.53. The Morgan fingerprint density at radius 1 is 1.53 bits per heavy atom. The van der Waals surface area contributed by atoms with E-state index in [0.29, 0.717) is 6.61 Å². The van der Waals surface area contributed by atoms with Gasteiger partial charge in [0, 0.05) is 5.54 Å². The van der Waals surface area contributed by atoms with Crippen molar-refractivity contribution in [2.75, 3.05) is 19.8 Å². The van der Waals surface area contributed by atoms with Crippen LogP contribution in [0.25, 0.3) is 0 Å². The third-order valence-electron chi connectivity index (χ3n) is 2.61. The molecule has 3 N–H and O–H groups in total. The molecule has 84 valence electrons. The van der Waals surface area contributed by atoms with Crippen molar-refractivity contribution >= 4 is 5.91 Å². The van der Waals surface area contributed by atoms with Crippen molar-refractivity contribution in [1.82, 2.24) is 5.32 Å². The number of nitrogens with two attached hydrogens (primary N) is 1. The van der Waals surface area contributed by atoms with Crippen LogP contribution in [0.4, 0.5) is 0 Å². The zero-order valence-electron chi connectivity index (χ0n) is 8.92. The van der Waals surface area contributed by atoms with Crippen LogP contribution in [0.15, 0.2) is 0 Å². The molecule has 1 aliphatic rings. The summed E-state index contributed by atoms with van der Waals surface area (Å²) in [4.78, 5) is 11.1. The second-order valence-corrected chi connectivity index (χ2v) is 4.04. The number of nitrogens with one attached hydrogen (secondary N) is 1. The van der Waals surface area contributed by atoms with Gasteiger partial charge in [0.2, 0.25) is 5.91 Å². The fourth-order valence-electron chi connectivity index (χ4n) is 1.77. The Morgan fingerprint density at radius 2 is 2.20 bits per heavy atom. The first kappa shape index (κ1) is 12.0. The van der Waals surface area contributed by atoms with E-state index in [1.807, 2.05) is 0 Å². The highest BCUT2D eigenvalue weighted by Gasteiger charge is 2.29. The number of carbonyl (C=O) groups excluding carboxylic acids is 1.